The molecule has 0 aromatic rings. The van der Waals surface area contributed by atoms with E-state index in [9.17, 15) is 19.8 Å². The number of carbonyl (C=O) groups excluding carboxylic acids is 2. The zero-order chi connectivity index (χ0) is 57.8. The molecule has 0 spiro atoms. The molecule has 6 heteroatoms. The standard InChI is InChI=1S/C74H145NO5/c1-3-5-7-9-11-13-15-17-18-19-20-33-36-39-43-46-50-54-58-62-66-72(77)71(70-76)75-73(78)67-63-59-55-51-47-44-40-37-34-31-29-27-25-23-21-22-24-26-28-30-32-35-38-41-45-49-53-57-61-65-69-80-74(79)68-64-60-56-52-48-42-16-14-12-10-8-6-4-2/h22,24,71-72,76-77H,3-21,23,25-70H2,1-2H3,(H,75,78)/b24-22-. The summed E-state index contributed by atoms with van der Waals surface area (Å²) in [6.45, 7) is 5.00. The molecule has 0 rings (SSSR count). The maximum absolute atomic E-state index is 12.5. The minimum absolute atomic E-state index is 0.0197. The van der Waals surface area contributed by atoms with E-state index in [1.165, 1.54) is 353 Å². The van der Waals surface area contributed by atoms with E-state index in [1.54, 1.807) is 0 Å². The van der Waals surface area contributed by atoms with Crippen molar-refractivity contribution in [1.82, 2.24) is 5.32 Å². The van der Waals surface area contributed by atoms with Crippen molar-refractivity contribution in [1.29, 1.82) is 0 Å². The fourth-order valence-corrected chi connectivity index (χ4v) is 11.9. The molecule has 1 amide bonds. The van der Waals surface area contributed by atoms with Gasteiger partial charge in [0.05, 0.1) is 25.4 Å². The van der Waals surface area contributed by atoms with Crippen LogP contribution >= 0.6 is 0 Å². The summed E-state index contributed by atoms with van der Waals surface area (Å²) in [4.78, 5) is 24.6. The SMILES string of the molecule is CCCCCCCCCCCCCCCCCCCCCCC(O)C(CO)NC(=O)CCCCCCCCCCCCCCCC/C=C\CCCCCCCCCCCCCCOC(=O)CCCCCCCCCCCCCCC. The van der Waals surface area contributed by atoms with Crippen LogP contribution in [0.5, 0.6) is 0 Å². The molecule has 0 aliphatic carbocycles. The van der Waals surface area contributed by atoms with Gasteiger partial charge in [-0.1, -0.05) is 373 Å². The van der Waals surface area contributed by atoms with Gasteiger partial charge in [-0.15, -0.1) is 0 Å². The minimum atomic E-state index is -0.663. The number of aliphatic hydroxyl groups excluding tert-OH is 2. The van der Waals surface area contributed by atoms with Crippen molar-refractivity contribution in [3.8, 4) is 0 Å². The number of rotatable bonds is 70. The Bertz CT molecular complexity index is 1210. The highest BCUT2D eigenvalue weighted by atomic mass is 16.5. The minimum Gasteiger partial charge on any atom is -0.466 e. The second-order valence-corrected chi connectivity index (χ2v) is 25.6. The Morgan fingerprint density at radius 3 is 0.887 bits per heavy atom. The lowest BCUT2D eigenvalue weighted by atomic mass is 10.0. The van der Waals surface area contributed by atoms with Gasteiger partial charge in [0, 0.05) is 12.8 Å². The van der Waals surface area contributed by atoms with Gasteiger partial charge in [-0.25, -0.2) is 0 Å². The second kappa shape index (κ2) is 70.1. The zero-order valence-corrected chi connectivity index (χ0v) is 54.6. The average molecular weight is 1130 g/mol. The van der Waals surface area contributed by atoms with Gasteiger partial charge in [0.1, 0.15) is 0 Å². The van der Waals surface area contributed by atoms with Gasteiger partial charge >= 0.3 is 5.97 Å². The number of amides is 1. The average Bonchev–Trinajstić information content (AvgIpc) is 3.46. The van der Waals surface area contributed by atoms with Crippen molar-refractivity contribution in [2.75, 3.05) is 13.2 Å². The molecule has 2 unspecified atom stereocenters. The number of nitrogens with one attached hydrogen (secondary N) is 1. The molecule has 0 aromatic heterocycles. The predicted molar refractivity (Wildman–Crippen MR) is 352 cm³/mol. The fraction of sp³-hybridized carbons (Fsp3) is 0.946. The Hall–Kier alpha value is -1.40. The molecule has 0 saturated heterocycles. The molecule has 0 bridgehead atoms. The summed E-state index contributed by atoms with van der Waals surface area (Å²) < 4.78 is 5.49. The number of esters is 1. The predicted octanol–water partition coefficient (Wildman–Crippen LogP) is 23.9. The Balaban J connectivity index is 3.36. The Morgan fingerprint density at radius 1 is 0.338 bits per heavy atom. The summed E-state index contributed by atoms with van der Waals surface area (Å²) in [6.07, 6.45) is 87.0. The Kier molecular flexibility index (Phi) is 68.9. The molecular weight excluding hydrogens is 983 g/mol. The molecule has 0 saturated carbocycles. The van der Waals surface area contributed by atoms with Crippen LogP contribution in [-0.4, -0.2) is 47.4 Å². The molecule has 0 fully saturated rings. The number of unbranched alkanes of at least 4 members (excludes halogenated alkanes) is 57. The summed E-state index contributed by atoms with van der Waals surface area (Å²) in [5, 5.41) is 23.4. The van der Waals surface area contributed by atoms with Crippen molar-refractivity contribution in [2.24, 2.45) is 0 Å². The lowest BCUT2D eigenvalue weighted by molar-refractivity contribution is -0.143. The topological polar surface area (TPSA) is 95.9 Å². The first kappa shape index (κ1) is 78.6. The van der Waals surface area contributed by atoms with Crippen molar-refractivity contribution >= 4 is 11.9 Å². The monoisotopic (exact) mass is 1130 g/mol. The van der Waals surface area contributed by atoms with Crippen molar-refractivity contribution in [2.45, 2.75) is 437 Å². The highest BCUT2D eigenvalue weighted by Crippen LogP contribution is 2.19. The van der Waals surface area contributed by atoms with Gasteiger partial charge in [0.15, 0.2) is 0 Å². The lowest BCUT2D eigenvalue weighted by Gasteiger charge is -2.22. The van der Waals surface area contributed by atoms with Crippen molar-refractivity contribution in [3.63, 3.8) is 0 Å². The van der Waals surface area contributed by atoms with Crippen LogP contribution in [-0.2, 0) is 14.3 Å². The molecule has 3 N–H and O–H groups in total. The molecule has 0 aliphatic heterocycles. The van der Waals surface area contributed by atoms with E-state index in [0.717, 1.165) is 38.5 Å². The van der Waals surface area contributed by atoms with Gasteiger partial charge in [-0.3, -0.25) is 9.59 Å². The Labute approximate surface area is 501 Å². The zero-order valence-electron chi connectivity index (χ0n) is 54.6. The van der Waals surface area contributed by atoms with Crippen LogP contribution < -0.4 is 5.32 Å². The van der Waals surface area contributed by atoms with E-state index in [2.05, 4.69) is 31.3 Å². The summed E-state index contributed by atoms with van der Waals surface area (Å²) in [7, 11) is 0. The van der Waals surface area contributed by atoms with Crippen molar-refractivity contribution < 1.29 is 24.5 Å². The number of carbonyl (C=O) groups is 2. The van der Waals surface area contributed by atoms with E-state index >= 15 is 0 Å². The van der Waals surface area contributed by atoms with Crippen molar-refractivity contribution in [3.05, 3.63) is 12.2 Å². The van der Waals surface area contributed by atoms with Gasteiger partial charge < -0.3 is 20.3 Å². The van der Waals surface area contributed by atoms with Gasteiger partial charge in [-0.05, 0) is 51.4 Å². The van der Waals surface area contributed by atoms with E-state index in [4.69, 9.17) is 4.74 Å². The van der Waals surface area contributed by atoms with E-state index in [-0.39, 0.29) is 18.5 Å². The second-order valence-electron chi connectivity index (χ2n) is 25.6. The molecule has 6 nitrogen and oxygen atoms in total. The molecule has 476 valence electrons. The smallest absolute Gasteiger partial charge is 0.305 e. The first-order valence-electron chi connectivity index (χ1n) is 36.9. The lowest BCUT2D eigenvalue weighted by Crippen LogP contribution is -2.45. The first-order valence-corrected chi connectivity index (χ1v) is 36.9. The summed E-state index contributed by atoms with van der Waals surface area (Å²) in [5.41, 5.74) is 0. The number of allylic oxidation sites excluding steroid dienone is 2. The number of hydrogen-bond donors (Lipinski definition) is 3. The third kappa shape index (κ3) is 65.7. The van der Waals surface area contributed by atoms with Crippen LogP contribution in [0.25, 0.3) is 0 Å². The summed E-state index contributed by atoms with van der Waals surface area (Å²) >= 11 is 0. The van der Waals surface area contributed by atoms with Gasteiger partial charge in [0.2, 0.25) is 5.91 Å². The van der Waals surface area contributed by atoms with Gasteiger partial charge in [-0.2, -0.15) is 0 Å². The largest absolute Gasteiger partial charge is 0.466 e. The third-order valence-electron chi connectivity index (χ3n) is 17.6. The van der Waals surface area contributed by atoms with Crippen LogP contribution in [0.3, 0.4) is 0 Å². The number of hydrogen-bond acceptors (Lipinski definition) is 5. The Morgan fingerprint density at radius 2 is 0.588 bits per heavy atom. The van der Waals surface area contributed by atoms with E-state index in [0.29, 0.717) is 25.9 Å². The quantitative estimate of drug-likeness (QED) is 0.0320. The molecule has 0 aromatic carbocycles. The maximum atomic E-state index is 12.5. The van der Waals surface area contributed by atoms with Crippen LogP contribution in [0, 0.1) is 0 Å². The van der Waals surface area contributed by atoms with E-state index < -0.39 is 12.1 Å². The number of ether oxygens (including phenoxy) is 1. The normalized spacial score (nSPS) is 12.5. The van der Waals surface area contributed by atoms with Crippen LogP contribution in [0.15, 0.2) is 12.2 Å². The molecule has 2 atom stereocenters. The van der Waals surface area contributed by atoms with Crippen LogP contribution in [0.4, 0.5) is 0 Å². The molecule has 0 heterocycles. The molecule has 0 radical (unpaired) electrons. The number of aliphatic hydroxyl groups is 2. The third-order valence-corrected chi connectivity index (χ3v) is 17.6. The molecule has 0 aliphatic rings. The molecule has 80 heavy (non-hydrogen) atoms. The maximum Gasteiger partial charge on any atom is 0.305 e. The van der Waals surface area contributed by atoms with Gasteiger partial charge in [0.25, 0.3) is 0 Å². The summed E-state index contributed by atoms with van der Waals surface area (Å²) in [5.74, 6) is -0.00872. The van der Waals surface area contributed by atoms with Crippen LogP contribution in [0.2, 0.25) is 0 Å². The summed E-state index contributed by atoms with van der Waals surface area (Å²) in [6, 6.07) is -0.540. The highest BCUT2D eigenvalue weighted by molar-refractivity contribution is 5.76. The first-order chi connectivity index (χ1) is 39.5. The highest BCUT2D eigenvalue weighted by Gasteiger charge is 2.20. The van der Waals surface area contributed by atoms with E-state index in [1.807, 2.05) is 0 Å². The molecular formula is C74H145NO5. The fourth-order valence-electron chi connectivity index (χ4n) is 11.9. The van der Waals surface area contributed by atoms with Crippen LogP contribution in [0.1, 0.15) is 425 Å².